The van der Waals surface area contributed by atoms with E-state index >= 15 is 0 Å². The first-order chi connectivity index (χ1) is 9.15. The maximum absolute atomic E-state index is 10.9. The maximum atomic E-state index is 10.9. The summed E-state index contributed by atoms with van der Waals surface area (Å²) in [5, 5.41) is 8.96. The molecule has 1 aliphatic rings. The Balaban J connectivity index is 2.05. The second-order valence-corrected chi connectivity index (χ2v) is 4.85. The molecule has 0 aromatic rings. The molecule has 0 amide bonds. The molecule has 0 radical (unpaired) electrons. The highest BCUT2D eigenvalue weighted by molar-refractivity contribution is 5.72. The third-order valence-corrected chi connectivity index (χ3v) is 3.51. The van der Waals surface area contributed by atoms with Crippen LogP contribution in [0, 0.1) is 0 Å². The van der Waals surface area contributed by atoms with Gasteiger partial charge in [0, 0.05) is 46.4 Å². The largest absolute Gasteiger partial charge is 0.480 e. The minimum absolute atomic E-state index is 0.375. The highest BCUT2D eigenvalue weighted by Crippen LogP contribution is 2.07. The van der Waals surface area contributed by atoms with Crippen molar-refractivity contribution in [3.05, 3.63) is 0 Å². The highest BCUT2D eigenvalue weighted by atomic mass is 16.5. The van der Waals surface area contributed by atoms with Crippen molar-refractivity contribution in [2.24, 2.45) is 0 Å². The van der Waals surface area contributed by atoms with Crippen LogP contribution in [0.15, 0.2) is 0 Å². The Morgan fingerprint density at radius 2 is 1.89 bits per heavy atom. The standard InChI is InChI=1S/C13H26N2O4/c1-12(13(16)17)15-7-5-14(6-8-15)4-3-9-19-11-10-18-2/h12H,3-11H2,1-2H3,(H,16,17). The molecule has 1 fully saturated rings. The summed E-state index contributed by atoms with van der Waals surface area (Å²) in [6.07, 6.45) is 1.01. The Labute approximate surface area is 115 Å². The van der Waals surface area contributed by atoms with Crippen molar-refractivity contribution >= 4 is 5.97 Å². The van der Waals surface area contributed by atoms with E-state index in [4.69, 9.17) is 14.6 Å². The van der Waals surface area contributed by atoms with E-state index in [9.17, 15) is 4.79 Å². The van der Waals surface area contributed by atoms with Crippen LogP contribution in [-0.2, 0) is 14.3 Å². The number of carbonyl (C=O) groups is 1. The van der Waals surface area contributed by atoms with Gasteiger partial charge in [-0.25, -0.2) is 0 Å². The number of rotatable bonds is 9. The van der Waals surface area contributed by atoms with E-state index in [2.05, 4.69) is 4.90 Å². The van der Waals surface area contributed by atoms with E-state index in [1.165, 1.54) is 0 Å². The smallest absolute Gasteiger partial charge is 0.320 e. The Kier molecular flexibility index (Phi) is 7.97. The molecule has 0 aromatic heterocycles. The van der Waals surface area contributed by atoms with Gasteiger partial charge in [0.1, 0.15) is 6.04 Å². The molecule has 19 heavy (non-hydrogen) atoms. The minimum atomic E-state index is -0.736. The molecule has 1 rings (SSSR count). The van der Waals surface area contributed by atoms with Crippen LogP contribution >= 0.6 is 0 Å². The number of carboxylic acids is 1. The van der Waals surface area contributed by atoms with Crippen molar-refractivity contribution in [3.63, 3.8) is 0 Å². The monoisotopic (exact) mass is 274 g/mol. The molecular weight excluding hydrogens is 248 g/mol. The molecule has 1 saturated heterocycles. The number of nitrogens with zero attached hydrogens (tertiary/aromatic N) is 2. The second-order valence-electron chi connectivity index (χ2n) is 4.85. The van der Waals surface area contributed by atoms with Gasteiger partial charge in [0.25, 0.3) is 0 Å². The van der Waals surface area contributed by atoms with E-state index in [-0.39, 0.29) is 6.04 Å². The fourth-order valence-corrected chi connectivity index (χ4v) is 2.16. The number of aliphatic carboxylic acids is 1. The van der Waals surface area contributed by atoms with Crippen LogP contribution in [0.1, 0.15) is 13.3 Å². The molecule has 1 heterocycles. The van der Waals surface area contributed by atoms with Crippen LogP contribution < -0.4 is 0 Å². The van der Waals surface area contributed by atoms with Crippen LogP contribution in [0.2, 0.25) is 0 Å². The summed E-state index contributed by atoms with van der Waals surface area (Å²) in [5.41, 5.74) is 0. The van der Waals surface area contributed by atoms with Gasteiger partial charge in [-0.15, -0.1) is 0 Å². The van der Waals surface area contributed by atoms with Crippen LogP contribution in [0.5, 0.6) is 0 Å². The first-order valence-electron chi connectivity index (χ1n) is 6.91. The zero-order valence-electron chi connectivity index (χ0n) is 12.0. The first kappa shape index (κ1) is 16.4. The van der Waals surface area contributed by atoms with Crippen LogP contribution in [0.25, 0.3) is 0 Å². The third-order valence-electron chi connectivity index (χ3n) is 3.51. The summed E-state index contributed by atoms with van der Waals surface area (Å²) in [4.78, 5) is 15.3. The number of piperazine rings is 1. The van der Waals surface area contributed by atoms with Gasteiger partial charge in [-0.2, -0.15) is 0 Å². The zero-order chi connectivity index (χ0) is 14.1. The van der Waals surface area contributed by atoms with Crippen LogP contribution in [0.3, 0.4) is 0 Å². The van der Waals surface area contributed by atoms with Crippen LogP contribution in [0.4, 0.5) is 0 Å². The van der Waals surface area contributed by atoms with Crippen molar-refractivity contribution in [3.8, 4) is 0 Å². The lowest BCUT2D eigenvalue weighted by Gasteiger charge is -2.36. The fourth-order valence-electron chi connectivity index (χ4n) is 2.16. The fraction of sp³-hybridized carbons (Fsp3) is 0.923. The maximum Gasteiger partial charge on any atom is 0.320 e. The lowest BCUT2D eigenvalue weighted by atomic mass is 10.2. The molecule has 1 aliphatic heterocycles. The van der Waals surface area contributed by atoms with Crippen LogP contribution in [-0.4, -0.2) is 86.6 Å². The Morgan fingerprint density at radius 3 is 2.47 bits per heavy atom. The van der Waals surface area contributed by atoms with Gasteiger partial charge >= 0.3 is 5.97 Å². The quantitative estimate of drug-likeness (QED) is 0.603. The second kappa shape index (κ2) is 9.25. The highest BCUT2D eigenvalue weighted by Gasteiger charge is 2.24. The molecule has 0 saturated carbocycles. The van der Waals surface area contributed by atoms with E-state index in [0.29, 0.717) is 13.2 Å². The SMILES string of the molecule is COCCOCCCN1CCN(C(C)C(=O)O)CC1. The number of carboxylic acid groups (broad SMARTS) is 1. The molecule has 6 nitrogen and oxygen atoms in total. The number of hydrogen-bond acceptors (Lipinski definition) is 5. The topological polar surface area (TPSA) is 62.2 Å². The number of hydrogen-bond donors (Lipinski definition) is 1. The van der Waals surface area contributed by atoms with Gasteiger partial charge in [-0.05, 0) is 13.3 Å². The molecule has 0 spiro atoms. The zero-order valence-corrected chi connectivity index (χ0v) is 12.0. The van der Waals surface area contributed by atoms with Crippen molar-refractivity contribution in [1.82, 2.24) is 9.80 Å². The van der Waals surface area contributed by atoms with Gasteiger partial charge in [-0.1, -0.05) is 0 Å². The summed E-state index contributed by atoms with van der Waals surface area (Å²) in [7, 11) is 1.67. The van der Waals surface area contributed by atoms with Gasteiger partial charge in [-0.3, -0.25) is 9.69 Å². The normalized spacial score (nSPS) is 19.5. The third kappa shape index (κ3) is 6.33. The van der Waals surface area contributed by atoms with Crippen molar-refractivity contribution in [1.29, 1.82) is 0 Å². The Hall–Kier alpha value is -0.690. The minimum Gasteiger partial charge on any atom is -0.480 e. The predicted octanol–water partition coefficient (Wildman–Crippen LogP) is 0.130. The average Bonchev–Trinajstić information content (AvgIpc) is 2.42. The predicted molar refractivity (Wildman–Crippen MR) is 72.4 cm³/mol. The lowest BCUT2D eigenvalue weighted by molar-refractivity contribution is -0.143. The van der Waals surface area contributed by atoms with Crippen molar-refractivity contribution in [2.45, 2.75) is 19.4 Å². The Bertz CT molecular complexity index is 255. The van der Waals surface area contributed by atoms with Crippen molar-refractivity contribution in [2.75, 3.05) is 59.7 Å². The molecule has 112 valence electrons. The van der Waals surface area contributed by atoms with E-state index < -0.39 is 5.97 Å². The molecular formula is C13H26N2O4. The van der Waals surface area contributed by atoms with E-state index in [1.54, 1.807) is 14.0 Å². The van der Waals surface area contributed by atoms with Crippen molar-refractivity contribution < 1.29 is 19.4 Å². The molecule has 1 unspecified atom stereocenters. The van der Waals surface area contributed by atoms with E-state index in [1.807, 2.05) is 4.90 Å². The molecule has 0 bridgehead atoms. The Morgan fingerprint density at radius 1 is 1.21 bits per heavy atom. The molecule has 0 aliphatic carbocycles. The summed E-state index contributed by atoms with van der Waals surface area (Å²) in [6.45, 7) is 8.37. The molecule has 1 N–H and O–H groups in total. The summed E-state index contributed by atoms with van der Waals surface area (Å²) in [6, 6.07) is -0.375. The molecule has 0 aromatic carbocycles. The summed E-state index contributed by atoms with van der Waals surface area (Å²) >= 11 is 0. The number of methoxy groups -OCH3 is 1. The van der Waals surface area contributed by atoms with Gasteiger partial charge in [0.2, 0.25) is 0 Å². The number of ether oxygens (including phenoxy) is 2. The summed E-state index contributed by atoms with van der Waals surface area (Å²) < 4.78 is 10.3. The van der Waals surface area contributed by atoms with Gasteiger partial charge in [0.05, 0.1) is 13.2 Å². The lowest BCUT2D eigenvalue weighted by Crippen LogP contribution is -2.51. The molecule has 6 heteroatoms. The van der Waals surface area contributed by atoms with Gasteiger partial charge < -0.3 is 19.5 Å². The average molecular weight is 274 g/mol. The van der Waals surface area contributed by atoms with Gasteiger partial charge in [0.15, 0.2) is 0 Å². The molecule has 1 atom stereocenters. The summed E-state index contributed by atoms with van der Waals surface area (Å²) in [5.74, 6) is -0.736. The van der Waals surface area contributed by atoms with E-state index in [0.717, 1.165) is 45.8 Å². The first-order valence-corrected chi connectivity index (χ1v) is 6.91.